The zero-order valence-corrected chi connectivity index (χ0v) is 17.9. The van der Waals surface area contributed by atoms with E-state index in [1.807, 2.05) is 0 Å². The first-order chi connectivity index (χ1) is 14.4. The third-order valence-electron chi connectivity index (χ3n) is 4.21. The highest BCUT2D eigenvalue weighted by Crippen LogP contribution is 2.15. The summed E-state index contributed by atoms with van der Waals surface area (Å²) in [5.41, 5.74) is 0.898. The van der Waals surface area contributed by atoms with Crippen molar-refractivity contribution < 1.29 is 28.2 Å². The van der Waals surface area contributed by atoms with Gasteiger partial charge in [-0.25, -0.2) is 13.1 Å². The zero-order valence-electron chi connectivity index (χ0n) is 16.3. The standard InChI is InChI=1S/C20H25ClN2O6S/c21-17-3-7-19(8-4-17)30(27,28)22-10-9-16-1-5-18(6-2-16)29-15-20(26)23(11-13-24)12-14-25/h1-8,22,24-25H,9-15H2. The van der Waals surface area contributed by atoms with Gasteiger partial charge in [0.05, 0.1) is 18.1 Å². The molecule has 0 unspecified atom stereocenters. The molecular weight excluding hydrogens is 432 g/mol. The topological polar surface area (TPSA) is 116 Å². The number of hydrogen-bond acceptors (Lipinski definition) is 6. The summed E-state index contributed by atoms with van der Waals surface area (Å²) in [6.45, 7) is -0.104. The van der Waals surface area contributed by atoms with Crippen LogP contribution in [0.5, 0.6) is 5.75 Å². The molecule has 0 heterocycles. The molecule has 0 aromatic heterocycles. The summed E-state index contributed by atoms with van der Waals surface area (Å²) < 4.78 is 32.5. The molecule has 0 atom stereocenters. The molecule has 1 amide bonds. The van der Waals surface area contributed by atoms with Gasteiger partial charge in [-0.05, 0) is 48.4 Å². The van der Waals surface area contributed by atoms with Crippen molar-refractivity contribution in [1.82, 2.24) is 9.62 Å². The number of amides is 1. The first kappa shape index (κ1) is 24.1. The molecule has 0 aliphatic carbocycles. The Bertz CT molecular complexity index is 898. The Morgan fingerprint density at radius 1 is 1.00 bits per heavy atom. The Balaban J connectivity index is 1.81. The lowest BCUT2D eigenvalue weighted by Gasteiger charge is -2.20. The molecule has 30 heavy (non-hydrogen) atoms. The minimum Gasteiger partial charge on any atom is -0.484 e. The number of nitrogens with zero attached hydrogens (tertiary/aromatic N) is 1. The van der Waals surface area contributed by atoms with Gasteiger partial charge in [0.1, 0.15) is 5.75 Å². The van der Waals surface area contributed by atoms with Gasteiger partial charge in [0.25, 0.3) is 5.91 Å². The number of sulfonamides is 1. The van der Waals surface area contributed by atoms with Crippen molar-refractivity contribution in [3.8, 4) is 5.75 Å². The van der Waals surface area contributed by atoms with Crippen LogP contribution in [0.2, 0.25) is 5.02 Å². The SMILES string of the molecule is O=C(COc1ccc(CCNS(=O)(=O)c2ccc(Cl)cc2)cc1)N(CCO)CCO. The average Bonchev–Trinajstić information content (AvgIpc) is 2.73. The number of ether oxygens (including phenoxy) is 1. The van der Waals surface area contributed by atoms with E-state index in [-0.39, 0.29) is 50.3 Å². The van der Waals surface area contributed by atoms with Crippen molar-refractivity contribution in [3.05, 3.63) is 59.1 Å². The number of carbonyl (C=O) groups is 1. The van der Waals surface area contributed by atoms with Gasteiger partial charge in [0, 0.05) is 24.7 Å². The molecule has 0 saturated heterocycles. The molecule has 0 radical (unpaired) electrons. The number of halogens is 1. The van der Waals surface area contributed by atoms with Crippen LogP contribution in [0, 0.1) is 0 Å². The van der Waals surface area contributed by atoms with E-state index < -0.39 is 10.0 Å². The van der Waals surface area contributed by atoms with Gasteiger partial charge in [-0.15, -0.1) is 0 Å². The second-order valence-electron chi connectivity index (χ2n) is 6.36. The van der Waals surface area contributed by atoms with E-state index in [1.54, 1.807) is 24.3 Å². The Labute approximate surface area is 181 Å². The molecule has 0 aliphatic heterocycles. The Morgan fingerprint density at radius 2 is 1.60 bits per heavy atom. The maximum atomic E-state index is 12.2. The van der Waals surface area contributed by atoms with Crippen LogP contribution >= 0.6 is 11.6 Å². The highest BCUT2D eigenvalue weighted by Gasteiger charge is 2.14. The van der Waals surface area contributed by atoms with Gasteiger partial charge in [-0.2, -0.15) is 0 Å². The van der Waals surface area contributed by atoms with Gasteiger partial charge in [0.2, 0.25) is 10.0 Å². The fourth-order valence-electron chi connectivity index (χ4n) is 2.62. The van der Waals surface area contributed by atoms with Crippen molar-refractivity contribution in [3.63, 3.8) is 0 Å². The molecule has 8 nitrogen and oxygen atoms in total. The highest BCUT2D eigenvalue weighted by molar-refractivity contribution is 7.89. The number of rotatable bonds is 12. The van der Waals surface area contributed by atoms with E-state index in [1.165, 1.54) is 29.2 Å². The third kappa shape index (κ3) is 7.58. The lowest BCUT2D eigenvalue weighted by atomic mass is 10.1. The number of hydrogen-bond donors (Lipinski definition) is 3. The molecule has 2 aromatic carbocycles. The molecule has 2 rings (SSSR count). The van der Waals surface area contributed by atoms with E-state index >= 15 is 0 Å². The Hall–Kier alpha value is -2.17. The molecule has 10 heteroatoms. The second-order valence-corrected chi connectivity index (χ2v) is 8.57. The first-order valence-corrected chi connectivity index (χ1v) is 11.2. The van der Waals surface area contributed by atoms with Crippen LogP contribution in [0.4, 0.5) is 0 Å². The van der Waals surface area contributed by atoms with Crippen LogP contribution in [0.15, 0.2) is 53.4 Å². The van der Waals surface area contributed by atoms with E-state index in [2.05, 4.69) is 4.72 Å². The largest absolute Gasteiger partial charge is 0.484 e. The minimum absolute atomic E-state index is 0.133. The van der Waals surface area contributed by atoms with Crippen molar-refractivity contribution in [2.45, 2.75) is 11.3 Å². The second kappa shape index (κ2) is 11.9. The molecule has 164 valence electrons. The summed E-state index contributed by atoms with van der Waals surface area (Å²) in [5, 5.41) is 18.4. The molecular formula is C20H25ClN2O6S. The summed E-state index contributed by atoms with van der Waals surface area (Å²) in [5.74, 6) is 0.153. The Kier molecular flexibility index (Phi) is 9.54. The van der Waals surface area contributed by atoms with Crippen LogP contribution in [-0.4, -0.2) is 68.9 Å². The van der Waals surface area contributed by atoms with Gasteiger partial charge >= 0.3 is 0 Å². The number of carbonyl (C=O) groups excluding carboxylic acids is 1. The van der Waals surface area contributed by atoms with Gasteiger partial charge in [-0.1, -0.05) is 23.7 Å². The van der Waals surface area contributed by atoms with E-state index in [9.17, 15) is 13.2 Å². The number of aliphatic hydroxyl groups is 2. The average molecular weight is 457 g/mol. The third-order valence-corrected chi connectivity index (χ3v) is 5.94. The van der Waals surface area contributed by atoms with E-state index in [0.29, 0.717) is 17.2 Å². The van der Waals surface area contributed by atoms with E-state index in [4.69, 9.17) is 26.6 Å². The summed E-state index contributed by atoms with van der Waals surface area (Å²) in [6.07, 6.45) is 0.479. The Morgan fingerprint density at radius 3 is 2.17 bits per heavy atom. The van der Waals surface area contributed by atoms with Crippen molar-refractivity contribution >= 4 is 27.5 Å². The van der Waals surface area contributed by atoms with Gasteiger partial charge in [0.15, 0.2) is 6.61 Å². The van der Waals surface area contributed by atoms with Crippen LogP contribution in [-0.2, 0) is 21.2 Å². The normalized spacial score (nSPS) is 11.3. The van der Waals surface area contributed by atoms with Crippen LogP contribution in [0.1, 0.15) is 5.56 Å². The van der Waals surface area contributed by atoms with Gasteiger partial charge in [-0.3, -0.25) is 4.79 Å². The maximum absolute atomic E-state index is 12.2. The van der Waals surface area contributed by atoms with Crippen molar-refractivity contribution in [2.24, 2.45) is 0 Å². The van der Waals surface area contributed by atoms with Crippen molar-refractivity contribution in [2.75, 3.05) is 39.5 Å². The number of benzene rings is 2. The maximum Gasteiger partial charge on any atom is 0.260 e. The van der Waals surface area contributed by atoms with Crippen LogP contribution in [0.25, 0.3) is 0 Å². The molecule has 0 bridgehead atoms. The quantitative estimate of drug-likeness (QED) is 0.439. The summed E-state index contributed by atoms with van der Waals surface area (Å²) >= 11 is 5.78. The molecule has 2 aromatic rings. The fourth-order valence-corrected chi connectivity index (χ4v) is 3.78. The number of aliphatic hydroxyl groups excluding tert-OH is 2. The van der Waals surface area contributed by atoms with E-state index in [0.717, 1.165) is 5.56 Å². The first-order valence-electron chi connectivity index (χ1n) is 9.32. The summed E-state index contributed by atoms with van der Waals surface area (Å²) in [4.78, 5) is 13.5. The highest BCUT2D eigenvalue weighted by atomic mass is 35.5. The lowest BCUT2D eigenvalue weighted by Crippen LogP contribution is -2.38. The smallest absolute Gasteiger partial charge is 0.260 e. The fraction of sp³-hybridized carbons (Fsp3) is 0.350. The molecule has 0 fully saturated rings. The predicted octanol–water partition coefficient (Wildman–Crippen LogP) is 1.05. The molecule has 3 N–H and O–H groups in total. The molecule has 0 aliphatic rings. The van der Waals surface area contributed by atoms with Gasteiger partial charge < -0.3 is 19.8 Å². The monoisotopic (exact) mass is 456 g/mol. The molecule has 0 spiro atoms. The van der Waals surface area contributed by atoms with Crippen molar-refractivity contribution in [1.29, 1.82) is 0 Å². The van der Waals surface area contributed by atoms with Crippen LogP contribution < -0.4 is 9.46 Å². The molecule has 0 saturated carbocycles. The summed E-state index contributed by atoms with van der Waals surface area (Å²) in [6, 6.07) is 12.9. The zero-order chi connectivity index (χ0) is 22.0. The minimum atomic E-state index is -3.60. The number of nitrogens with one attached hydrogen (secondary N) is 1. The predicted molar refractivity (Wildman–Crippen MR) is 113 cm³/mol. The lowest BCUT2D eigenvalue weighted by molar-refractivity contribution is -0.134. The van der Waals surface area contributed by atoms with Crippen LogP contribution in [0.3, 0.4) is 0 Å². The summed E-state index contributed by atoms with van der Waals surface area (Å²) in [7, 11) is -3.60.